The number of amides is 1. The van der Waals surface area contributed by atoms with Gasteiger partial charge in [-0.1, -0.05) is 12.1 Å². The van der Waals surface area contributed by atoms with E-state index in [9.17, 15) is 9.59 Å². The molecule has 2 rings (SSSR count). The number of carboxylic acid groups (broad SMARTS) is 1. The van der Waals surface area contributed by atoms with Crippen LogP contribution in [0.25, 0.3) is 0 Å². The number of hydrogen-bond donors (Lipinski definition) is 1. The van der Waals surface area contributed by atoms with Crippen LogP contribution >= 0.6 is 11.3 Å². The number of carbonyl (C=O) groups excluding carboxylic acids is 1. The maximum atomic E-state index is 12.4. The van der Waals surface area contributed by atoms with E-state index in [4.69, 9.17) is 5.11 Å². The van der Waals surface area contributed by atoms with Crippen molar-refractivity contribution in [1.82, 2.24) is 4.90 Å². The van der Waals surface area contributed by atoms with Gasteiger partial charge in [-0.25, -0.2) is 4.79 Å². The fourth-order valence-corrected chi connectivity index (χ4v) is 2.87. The fraction of sp³-hybridized carbons (Fsp3) is 0.200. The number of rotatable bonds is 4. The van der Waals surface area contributed by atoms with Gasteiger partial charge < -0.3 is 10.0 Å². The molecule has 4 nitrogen and oxygen atoms in total. The van der Waals surface area contributed by atoms with E-state index in [1.807, 2.05) is 18.4 Å². The van der Waals surface area contributed by atoms with Gasteiger partial charge in [-0.15, -0.1) is 11.3 Å². The summed E-state index contributed by atoms with van der Waals surface area (Å²) in [5, 5.41) is 11.1. The predicted molar refractivity (Wildman–Crippen MR) is 78.3 cm³/mol. The summed E-state index contributed by atoms with van der Waals surface area (Å²) in [6, 6.07) is 8.28. The van der Waals surface area contributed by atoms with Crippen molar-refractivity contribution in [3.8, 4) is 0 Å². The first-order chi connectivity index (χ1) is 9.50. The van der Waals surface area contributed by atoms with E-state index in [1.54, 1.807) is 41.5 Å². The molecule has 1 N–H and O–H groups in total. The minimum Gasteiger partial charge on any atom is -0.478 e. The molecule has 0 atom stereocenters. The Balaban J connectivity index is 2.23. The first-order valence-corrected chi connectivity index (χ1v) is 6.99. The Morgan fingerprint density at radius 1 is 1.20 bits per heavy atom. The first kappa shape index (κ1) is 14.3. The molecule has 104 valence electrons. The van der Waals surface area contributed by atoms with Crippen molar-refractivity contribution < 1.29 is 14.7 Å². The van der Waals surface area contributed by atoms with Gasteiger partial charge in [0.15, 0.2) is 0 Å². The lowest BCUT2D eigenvalue weighted by Crippen LogP contribution is -2.27. The molecule has 0 bridgehead atoms. The van der Waals surface area contributed by atoms with Crippen LogP contribution in [0.5, 0.6) is 0 Å². The normalized spacial score (nSPS) is 10.3. The van der Waals surface area contributed by atoms with Gasteiger partial charge in [0, 0.05) is 11.9 Å². The number of benzene rings is 1. The molecule has 1 aromatic carbocycles. The van der Waals surface area contributed by atoms with Crippen molar-refractivity contribution >= 4 is 23.2 Å². The van der Waals surface area contributed by atoms with Crippen molar-refractivity contribution in [3.05, 3.63) is 57.3 Å². The highest BCUT2D eigenvalue weighted by Gasteiger charge is 2.19. The highest BCUT2D eigenvalue weighted by atomic mass is 32.1. The fourth-order valence-electron chi connectivity index (χ4n) is 1.92. The number of aryl methyl sites for hydroxylation is 1. The quantitative estimate of drug-likeness (QED) is 0.941. The van der Waals surface area contributed by atoms with Crippen molar-refractivity contribution in [2.24, 2.45) is 0 Å². The molecule has 1 heterocycles. The predicted octanol–water partition coefficient (Wildman–Crippen LogP) is 3.03. The van der Waals surface area contributed by atoms with E-state index in [2.05, 4.69) is 0 Å². The molecular weight excluding hydrogens is 274 g/mol. The van der Waals surface area contributed by atoms with Crippen LogP contribution in [0, 0.1) is 6.92 Å². The summed E-state index contributed by atoms with van der Waals surface area (Å²) in [5.41, 5.74) is 1.39. The molecule has 0 saturated heterocycles. The van der Waals surface area contributed by atoms with Crippen LogP contribution in [0.4, 0.5) is 0 Å². The van der Waals surface area contributed by atoms with E-state index in [-0.39, 0.29) is 17.0 Å². The molecule has 0 saturated carbocycles. The van der Waals surface area contributed by atoms with Crippen LogP contribution in [0.2, 0.25) is 0 Å². The molecule has 1 amide bonds. The van der Waals surface area contributed by atoms with Crippen molar-refractivity contribution in [2.45, 2.75) is 13.5 Å². The topological polar surface area (TPSA) is 57.6 Å². The van der Waals surface area contributed by atoms with Crippen LogP contribution in [0.1, 0.15) is 31.2 Å². The summed E-state index contributed by atoms with van der Waals surface area (Å²) in [7, 11) is 1.68. The molecule has 1 aromatic heterocycles. The Bertz CT molecular complexity index is 648. The molecule has 0 spiro atoms. The molecule has 20 heavy (non-hydrogen) atoms. The van der Waals surface area contributed by atoms with E-state index in [0.29, 0.717) is 6.54 Å². The summed E-state index contributed by atoms with van der Waals surface area (Å²) in [4.78, 5) is 26.2. The van der Waals surface area contributed by atoms with Crippen LogP contribution in [-0.2, 0) is 6.54 Å². The monoisotopic (exact) mass is 289 g/mol. The van der Waals surface area contributed by atoms with Gasteiger partial charge in [0.05, 0.1) is 17.7 Å². The van der Waals surface area contributed by atoms with Gasteiger partial charge in [-0.3, -0.25) is 4.79 Å². The third-order valence-corrected chi connectivity index (χ3v) is 4.09. The Labute approximate surface area is 121 Å². The molecule has 0 aliphatic carbocycles. The SMILES string of the molecule is Cc1ccsc1CN(C)C(=O)c1ccccc1C(=O)O. The summed E-state index contributed by atoms with van der Waals surface area (Å²) < 4.78 is 0. The van der Waals surface area contributed by atoms with Crippen LogP contribution in [-0.4, -0.2) is 28.9 Å². The lowest BCUT2D eigenvalue weighted by molar-refractivity contribution is 0.0680. The zero-order valence-corrected chi connectivity index (χ0v) is 12.1. The largest absolute Gasteiger partial charge is 0.478 e. The maximum absolute atomic E-state index is 12.4. The first-order valence-electron chi connectivity index (χ1n) is 6.11. The lowest BCUT2D eigenvalue weighted by atomic mass is 10.1. The van der Waals surface area contributed by atoms with Crippen LogP contribution in [0.3, 0.4) is 0 Å². The molecule has 2 aromatic rings. The molecule has 0 radical (unpaired) electrons. The molecule has 0 unspecified atom stereocenters. The zero-order chi connectivity index (χ0) is 14.7. The summed E-state index contributed by atoms with van der Waals surface area (Å²) in [6.45, 7) is 2.48. The molecule has 0 aliphatic rings. The molecule has 0 fully saturated rings. The Kier molecular flexibility index (Phi) is 4.20. The van der Waals surface area contributed by atoms with Gasteiger partial charge in [-0.05, 0) is 36.1 Å². The number of carboxylic acids is 1. The second-order valence-corrected chi connectivity index (χ2v) is 5.54. The van der Waals surface area contributed by atoms with Gasteiger partial charge in [0.1, 0.15) is 0 Å². The minimum atomic E-state index is -1.09. The average molecular weight is 289 g/mol. The van der Waals surface area contributed by atoms with Crippen molar-refractivity contribution in [3.63, 3.8) is 0 Å². The Hall–Kier alpha value is -2.14. The van der Waals surface area contributed by atoms with E-state index >= 15 is 0 Å². The summed E-state index contributed by atoms with van der Waals surface area (Å²) in [5.74, 6) is -1.37. The standard InChI is InChI=1S/C15H15NO3S/c1-10-7-8-20-13(10)9-16(2)14(17)11-5-3-4-6-12(11)15(18)19/h3-8H,9H2,1-2H3,(H,18,19). The number of thiophene rings is 1. The third-order valence-electron chi connectivity index (χ3n) is 3.08. The van der Waals surface area contributed by atoms with Gasteiger partial charge in [0.2, 0.25) is 0 Å². The minimum absolute atomic E-state index is 0.0345. The van der Waals surface area contributed by atoms with Crippen molar-refractivity contribution in [1.29, 1.82) is 0 Å². The Morgan fingerprint density at radius 3 is 2.40 bits per heavy atom. The second-order valence-electron chi connectivity index (χ2n) is 4.54. The van der Waals surface area contributed by atoms with E-state index in [1.165, 1.54) is 6.07 Å². The average Bonchev–Trinajstić information content (AvgIpc) is 2.83. The van der Waals surface area contributed by atoms with E-state index < -0.39 is 5.97 Å². The molecule has 0 aliphatic heterocycles. The third kappa shape index (κ3) is 2.88. The second kappa shape index (κ2) is 5.88. The number of aromatic carboxylic acids is 1. The van der Waals surface area contributed by atoms with E-state index in [0.717, 1.165) is 10.4 Å². The number of carbonyl (C=O) groups is 2. The summed E-state index contributed by atoms with van der Waals surface area (Å²) in [6.07, 6.45) is 0. The van der Waals surface area contributed by atoms with Gasteiger partial charge >= 0.3 is 5.97 Å². The Morgan fingerprint density at radius 2 is 1.85 bits per heavy atom. The van der Waals surface area contributed by atoms with Crippen LogP contribution in [0.15, 0.2) is 35.7 Å². The lowest BCUT2D eigenvalue weighted by Gasteiger charge is -2.18. The highest BCUT2D eigenvalue weighted by Crippen LogP contribution is 2.19. The van der Waals surface area contributed by atoms with Gasteiger partial charge in [0.25, 0.3) is 5.91 Å². The number of hydrogen-bond acceptors (Lipinski definition) is 3. The maximum Gasteiger partial charge on any atom is 0.336 e. The van der Waals surface area contributed by atoms with Crippen LogP contribution < -0.4 is 0 Å². The van der Waals surface area contributed by atoms with Gasteiger partial charge in [-0.2, -0.15) is 0 Å². The highest BCUT2D eigenvalue weighted by molar-refractivity contribution is 7.10. The molecular formula is C15H15NO3S. The smallest absolute Gasteiger partial charge is 0.336 e. The van der Waals surface area contributed by atoms with Crippen molar-refractivity contribution in [2.75, 3.05) is 7.05 Å². The molecule has 5 heteroatoms. The number of nitrogens with zero attached hydrogens (tertiary/aromatic N) is 1. The summed E-state index contributed by atoms with van der Waals surface area (Å²) >= 11 is 1.59. The zero-order valence-electron chi connectivity index (χ0n) is 11.3.